The number of nitrogen functional groups attached to an aromatic ring is 1. The van der Waals surface area contributed by atoms with Crippen molar-refractivity contribution in [2.45, 2.75) is 13.8 Å². The summed E-state index contributed by atoms with van der Waals surface area (Å²) in [7, 11) is 0. The molecule has 15 heavy (non-hydrogen) atoms. The number of aromatic hydroxyl groups is 1. The topological polar surface area (TPSA) is 74.9 Å². The van der Waals surface area contributed by atoms with Crippen LogP contribution in [0.2, 0.25) is 0 Å². The molecule has 0 bridgehead atoms. The Morgan fingerprint density at radius 1 is 1.33 bits per heavy atom. The van der Waals surface area contributed by atoms with Gasteiger partial charge < -0.3 is 10.8 Å². The molecule has 0 saturated heterocycles. The van der Waals surface area contributed by atoms with Crippen LogP contribution in [0.15, 0.2) is 18.3 Å². The number of benzene rings is 1. The van der Waals surface area contributed by atoms with Gasteiger partial charge in [0.1, 0.15) is 11.6 Å². The SMILES string of the molecule is Cc1cc(-c2cn[nH]c2N)cc(O)c1C. The average Bonchev–Trinajstić information content (AvgIpc) is 2.60. The van der Waals surface area contributed by atoms with E-state index in [1.54, 1.807) is 12.3 Å². The van der Waals surface area contributed by atoms with E-state index in [1.807, 2.05) is 19.9 Å². The molecule has 0 unspecified atom stereocenters. The summed E-state index contributed by atoms with van der Waals surface area (Å²) in [6.45, 7) is 3.84. The second-order valence-electron chi connectivity index (χ2n) is 3.63. The maximum Gasteiger partial charge on any atom is 0.126 e. The van der Waals surface area contributed by atoms with Gasteiger partial charge in [-0.1, -0.05) is 6.07 Å². The first-order valence-corrected chi connectivity index (χ1v) is 4.69. The highest BCUT2D eigenvalue weighted by Gasteiger charge is 2.08. The predicted octanol–water partition coefficient (Wildman–Crippen LogP) is 1.98. The summed E-state index contributed by atoms with van der Waals surface area (Å²) in [5.74, 6) is 0.795. The van der Waals surface area contributed by atoms with Crippen molar-refractivity contribution >= 4 is 5.82 Å². The molecule has 2 aromatic rings. The van der Waals surface area contributed by atoms with Crippen molar-refractivity contribution in [2.24, 2.45) is 0 Å². The van der Waals surface area contributed by atoms with Crippen LogP contribution in [0.3, 0.4) is 0 Å². The number of phenolic OH excluding ortho intramolecular Hbond substituents is 1. The molecule has 1 heterocycles. The van der Waals surface area contributed by atoms with E-state index in [-0.39, 0.29) is 5.75 Å². The van der Waals surface area contributed by atoms with E-state index in [9.17, 15) is 5.11 Å². The number of phenols is 1. The minimum absolute atomic E-state index is 0.283. The van der Waals surface area contributed by atoms with Crippen molar-refractivity contribution in [1.82, 2.24) is 10.2 Å². The predicted molar refractivity (Wildman–Crippen MR) is 59.6 cm³/mol. The Balaban J connectivity index is 2.60. The zero-order valence-electron chi connectivity index (χ0n) is 8.70. The Bertz CT molecular complexity index is 479. The largest absolute Gasteiger partial charge is 0.508 e. The smallest absolute Gasteiger partial charge is 0.126 e. The summed E-state index contributed by atoms with van der Waals surface area (Å²) in [6.07, 6.45) is 1.65. The molecule has 0 spiro atoms. The molecule has 0 amide bonds. The Morgan fingerprint density at radius 3 is 2.60 bits per heavy atom. The van der Waals surface area contributed by atoms with E-state index in [2.05, 4.69) is 10.2 Å². The van der Waals surface area contributed by atoms with Crippen molar-refractivity contribution < 1.29 is 5.11 Å². The monoisotopic (exact) mass is 203 g/mol. The Hall–Kier alpha value is -1.97. The molecule has 78 valence electrons. The average molecular weight is 203 g/mol. The Labute approximate surface area is 87.7 Å². The third-order valence-corrected chi connectivity index (χ3v) is 2.62. The highest BCUT2D eigenvalue weighted by atomic mass is 16.3. The molecule has 4 nitrogen and oxygen atoms in total. The van der Waals surface area contributed by atoms with E-state index >= 15 is 0 Å². The van der Waals surface area contributed by atoms with Gasteiger partial charge in [0.15, 0.2) is 0 Å². The number of rotatable bonds is 1. The van der Waals surface area contributed by atoms with E-state index in [0.29, 0.717) is 5.82 Å². The fraction of sp³-hybridized carbons (Fsp3) is 0.182. The van der Waals surface area contributed by atoms with Gasteiger partial charge in [-0.2, -0.15) is 5.10 Å². The van der Waals surface area contributed by atoms with Crippen LogP contribution in [-0.2, 0) is 0 Å². The van der Waals surface area contributed by atoms with Crippen molar-refractivity contribution in [3.8, 4) is 16.9 Å². The maximum atomic E-state index is 9.70. The summed E-state index contributed by atoms with van der Waals surface area (Å²) in [6, 6.07) is 3.68. The third kappa shape index (κ3) is 1.54. The number of nitrogens with two attached hydrogens (primary N) is 1. The summed E-state index contributed by atoms with van der Waals surface area (Å²) >= 11 is 0. The van der Waals surface area contributed by atoms with Gasteiger partial charge in [-0.25, -0.2) is 0 Å². The highest BCUT2D eigenvalue weighted by Crippen LogP contribution is 2.30. The first kappa shape index (κ1) is 9.58. The van der Waals surface area contributed by atoms with Crippen molar-refractivity contribution in [3.05, 3.63) is 29.5 Å². The lowest BCUT2D eigenvalue weighted by atomic mass is 10.0. The number of hydrogen-bond acceptors (Lipinski definition) is 3. The quantitative estimate of drug-likeness (QED) is 0.663. The molecule has 0 fully saturated rings. The van der Waals surface area contributed by atoms with Crippen LogP contribution >= 0.6 is 0 Å². The molecule has 2 rings (SSSR count). The van der Waals surface area contributed by atoms with Gasteiger partial charge in [0, 0.05) is 5.56 Å². The summed E-state index contributed by atoms with van der Waals surface area (Å²) < 4.78 is 0. The van der Waals surface area contributed by atoms with Crippen LogP contribution in [0.4, 0.5) is 5.82 Å². The molecule has 0 aliphatic carbocycles. The normalized spacial score (nSPS) is 10.5. The first-order valence-electron chi connectivity index (χ1n) is 4.69. The zero-order valence-corrected chi connectivity index (χ0v) is 8.70. The third-order valence-electron chi connectivity index (χ3n) is 2.62. The molecule has 0 atom stereocenters. The number of nitrogens with zero attached hydrogens (tertiary/aromatic N) is 1. The summed E-state index contributed by atoms with van der Waals surface area (Å²) in [5.41, 5.74) is 9.32. The molecule has 0 radical (unpaired) electrons. The molecular formula is C11H13N3O. The van der Waals surface area contributed by atoms with Crippen LogP contribution in [-0.4, -0.2) is 15.3 Å². The number of aryl methyl sites for hydroxylation is 1. The number of H-pyrrole nitrogens is 1. The van der Waals surface area contributed by atoms with Crippen LogP contribution in [0.5, 0.6) is 5.75 Å². The number of aromatic amines is 1. The maximum absolute atomic E-state index is 9.70. The lowest BCUT2D eigenvalue weighted by Gasteiger charge is -2.06. The number of nitrogens with one attached hydrogen (secondary N) is 1. The summed E-state index contributed by atoms with van der Waals surface area (Å²) in [5, 5.41) is 16.2. The van der Waals surface area contributed by atoms with Gasteiger partial charge in [0.05, 0.1) is 6.20 Å². The molecule has 4 N–H and O–H groups in total. The van der Waals surface area contributed by atoms with Gasteiger partial charge in [-0.15, -0.1) is 0 Å². The molecule has 1 aromatic heterocycles. The van der Waals surface area contributed by atoms with E-state index in [1.165, 1.54) is 0 Å². The zero-order chi connectivity index (χ0) is 11.0. The molecule has 0 saturated carbocycles. The van der Waals surface area contributed by atoms with Gasteiger partial charge in [0.25, 0.3) is 0 Å². The van der Waals surface area contributed by atoms with Gasteiger partial charge in [-0.05, 0) is 36.6 Å². The second-order valence-corrected chi connectivity index (χ2v) is 3.63. The van der Waals surface area contributed by atoms with Crippen LogP contribution < -0.4 is 5.73 Å². The number of aromatic nitrogens is 2. The fourth-order valence-electron chi connectivity index (χ4n) is 1.52. The highest BCUT2D eigenvalue weighted by molar-refractivity contribution is 5.75. The van der Waals surface area contributed by atoms with Gasteiger partial charge in [-0.3, -0.25) is 5.10 Å². The number of anilines is 1. The Kier molecular flexibility index (Phi) is 2.11. The Morgan fingerprint density at radius 2 is 2.07 bits per heavy atom. The lowest BCUT2D eigenvalue weighted by molar-refractivity contribution is 0.471. The second kappa shape index (κ2) is 3.31. The van der Waals surface area contributed by atoms with Crippen molar-refractivity contribution in [3.63, 3.8) is 0 Å². The molecule has 1 aromatic carbocycles. The van der Waals surface area contributed by atoms with E-state index in [4.69, 9.17) is 5.73 Å². The van der Waals surface area contributed by atoms with Crippen molar-refractivity contribution in [1.29, 1.82) is 0 Å². The van der Waals surface area contributed by atoms with Crippen LogP contribution in [0.1, 0.15) is 11.1 Å². The van der Waals surface area contributed by atoms with Gasteiger partial charge >= 0.3 is 0 Å². The van der Waals surface area contributed by atoms with E-state index < -0.39 is 0 Å². The minimum Gasteiger partial charge on any atom is -0.508 e. The van der Waals surface area contributed by atoms with Crippen LogP contribution in [0.25, 0.3) is 11.1 Å². The number of hydrogen-bond donors (Lipinski definition) is 3. The molecular weight excluding hydrogens is 190 g/mol. The van der Waals surface area contributed by atoms with Gasteiger partial charge in [0.2, 0.25) is 0 Å². The van der Waals surface area contributed by atoms with Crippen LogP contribution in [0, 0.1) is 13.8 Å². The fourth-order valence-corrected chi connectivity index (χ4v) is 1.52. The molecule has 0 aliphatic heterocycles. The van der Waals surface area contributed by atoms with E-state index in [0.717, 1.165) is 22.3 Å². The lowest BCUT2D eigenvalue weighted by Crippen LogP contribution is -1.89. The molecule has 0 aliphatic rings. The van der Waals surface area contributed by atoms with Crippen molar-refractivity contribution in [2.75, 3.05) is 5.73 Å². The standard InChI is InChI=1S/C11H13N3O/c1-6-3-8(4-10(15)7(6)2)9-5-13-14-11(9)12/h3-5,15H,1-2H3,(H3,12,13,14). The summed E-state index contributed by atoms with van der Waals surface area (Å²) in [4.78, 5) is 0. The first-order chi connectivity index (χ1) is 7.09. The molecule has 4 heteroatoms. The minimum atomic E-state index is 0.283.